The summed E-state index contributed by atoms with van der Waals surface area (Å²) in [6, 6.07) is -0.222. The molecule has 3 heteroatoms. The Morgan fingerprint density at radius 1 is 1.56 bits per heavy atom. The normalized spacial score (nSPS) is 15.4. The number of carbonyl (C=O) groups excluding carboxylic acids is 1. The minimum atomic E-state index is -0.222. The predicted octanol–water partition coefficient (Wildman–Crippen LogP) is 0.185. The van der Waals surface area contributed by atoms with Gasteiger partial charge in [-0.25, -0.2) is 0 Å². The molecule has 0 saturated carbocycles. The molecule has 2 unspecified atom stereocenters. The van der Waals surface area contributed by atoms with Crippen molar-refractivity contribution in [1.29, 1.82) is 0 Å². The van der Waals surface area contributed by atoms with Crippen LogP contribution >= 0.6 is 0 Å². The summed E-state index contributed by atoms with van der Waals surface area (Å²) in [6.45, 7) is 7.12. The van der Waals surface area contributed by atoms with E-state index in [2.05, 4.69) is 13.8 Å². The van der Waals surface area contributed by atoms with Gasteiger partial charge in [0.1, 0.15) is 6.29 Å². The first kappa shape index (κ1) is 12.4. The van der Waals surface area contributed by atoms with Crippen molar-refractivity contribution >= 4 is 6.29 Å². The predicted molar refractivity (Wildman–Crippen MR) is 32.9 cm³/mol. The summed E-state index contributed by atoms with van der Waals surface area (Å²) in [5.41, 5.74) is 5.29. The average Bonchev–Trinajstić information content (AvgIpc) is 1.67. The molecule has 2 nitrogen and oxygen atoms in total. The van der Waals surface area contributed by atoms with Crippen molar-refractivity contribution in [2.24, 2.45) is 11.7 Å². The first-order valence-corrected chi connectivity index (χ1v) is 2.54. The Hall–Kier alpha value is 0.734. The van der Waals surface area contributed by atoms with Crippen LogP contribution in [0.1, 0.15) is 6.42 Å². The number of hydrogen-bond acceptors (Lipinski definition) is 2. The average molecular weight is 202 g/mol. The molecule has 0 aromatic rings. The first-order valence-electron chi connectivity index (χ1n) is 2.54. The molecule has 0 aliphatic heterocycles. The molecule has 0 spiro atoms. The number of rotatable bonds is 3. The van der Waals surface area contributed by atoms with E-state index < -0.39 is 0 Å². The smallest absolute Gasteiger partial charge is 0.117 e. The first-order chi connectivity index (χ1) is 3.68. The Bertz CT molecular complexity index is 75.5. The van der Waals surface area contributed by atoms with E-state index in [1.54, 1.807) is 0 Å². The summed E-state index contributed by atoms with van der Waals surface area (Å²) in [5, 5.41) is 0. The van der Waals surface area contributed by atoms with Gasteiger partial charge in [-0.15, -0.1) is 6.04 Å². The maximum absolute atomic E-state index is 9.80. The Balaban J connectivity index is 0. The molecule has 0 aliphatic rings. The Morgan fingerprint density at radius 2 is 2.00 bits per heavy atom. The van der Waals surface area contributed by atoms with E-state index >= 15 is 0 Å². The van der Waals surface area contributed by atoms with Crippen LogP contribution in [0.25, 0.3) is 0 Å². The quantitative estimate of drug-likeness (QED) is 0.524. The van der Waals surface area contributed by atoms with Gasteiger partial charge in [0.05, 0.1) is 0 Å². The molecule has 0 amide bonds. The van der Waals surface area contributed by atoms with Crippen LogP contribution in [0.4, 0.5) is 0 Å². The number of nitrogens with two attached hydrogens (primary N) is 1. The summed E-state index contributed by atoms with van der Waals surface area (Å²) in [7, 11) is 0. The van der Waals surface area contributed by atoms with Gasteiger partial charge in [-0.1, -0.05) is 0 Å². The van der Waals surface area contributed by atoms with E-state index in [1.807, 2.05) is 0 Å². The maximum Gasteiger partial charge on any atom is 0.117 e. The van der Waals surface area contributed by atoms with E-state index in [0.29, 0.717) is 6.42 Å². The van der Waals surface area contributed by atoms with Gasteiger partial charge in [0.25, 0.3) is 0 Å². The van der Waals surface area contributed by atoms with Gasteiger partial charge < -0.3 is 24.4 Å². The van der Waals surface area contributed by atoms with Crippen molar-refractivity contribution in [2.45, 2.75) is 12.5 Å². The molecule has 51 valence electrons. The fourth-order valence-electron chi connectivity index (χ4n) is 0.298. The van der Waals surface area contributed by atoms with Gasteiger partial charge in [-0.2, -0.15) is 5.92 Å². The zero-order valence-corrected chi connectivity index (χ0v) is 8.25. The third-order valence-electron chi connectivity index (χ3n) is 1.00. The van der Waals surface area contributed by atoms with Crippen LogP contribution in [0.3, 0.4) is 0 Å². The van der Waals surface area contributed by atoms with E-state index in [4.69, 9.17) is 5.73 Å². The van der Waals surface area contributed by atoms with Gasteiger partial charge in [0.15, 0.2) is 0 Å². The van der Waals surface area contributed by atoms with Crippen LogP contribution in [-0.2, 0) is 37.5 Å². The van der Waals surface area contributed by atoms with Gasteiger partial charge in [0, 0.05) is 32.7 Å². The van der Waals surface area contributed by atoms with Crippen LogP contribution in [0.2, 0.25) is 0 Å². The molecule has 0 rings (SSSR count). The van der Waals surface area contributed by atoms with Crippen molar-refractivity contribution in [3.8, 4) is 0 Å². The van der Waals surface area contributed by atoms with Crippen LogP contribution in [0.5, 0.6) is 0 Å². The van der Waals surface area contributed by atoms with E-state index in [0.717, 1.165) is 6.29 Å². The minimum Gasteiger partial charge on any atom is -0.359 e. The summed E-state index contributed by atoms with van der Waals surface area (Å²) in [4.78, 5) is 9.80. The zero-order chi connectivity index (χ0) is 6.57. The second-order valence-corrected chi connectivity index (χ2v) is 1.83. The summed E-state index contributed by atoms with van der Waals surface area (Å²) < 4.78 is 0. The van der Waals surface area contributed by atoms with E-state index in [-0.39, 0.29) is 44.7 Å². The van der Waals surface area contributed by atoms with Crippen molar-refractivity contribution < 1.29 is 37.5 Å². The summed E-state index contributed by atoms with van der Waals surface area (Å²) in [5.74, 6) is -0.0347. The molecule has 0 saturated heterocycles. The molecule has 0 aromatic carbocycles. The second-order valence-electron chi connectivity index (χ2n) is 1.83. The monoisotopic (exact) mass is 202 g/mol. The Labute approximate surface area is 81.4 Å². The second kappa shape index (κ2) is 6.85. The van der Waals surface area contributed by atoms with Gasteiger partial charge in [-0.05, 0) is 6.42 Å². The fourth-order valence-corrected chi connectivity index (χ4v) is 0.298. The molecule has 0 aliphatic carbocycles. The molecular weight excluding hydrogens is 191 g/mol. The molecule has 9 heavy (non-hydrogen) atoms. The Morgan fingerprint density at radius 3 is 2.11 bits per heavy atom. The molecule has 1 radical (unpaired) electrons. The van der Waals surface area contributed by atoms with Crippen LogP contribution in [-0.4, -0.2) is 12.3 Å². The minimum absolute atomic E-state index is 0. The molecule has 2 atom stereocenters. The summed E-state index contributed by atoms with van der Waals surface area (Å²) in [6.07, 6.45) is 1.22. The molecule has 0 bridgehead atoms. The van der Waals surface area contributed by atoms with Crippen LogP contribution in [0, 0.1) is 19.8 Å². The van der Waals surface area contributed by atoms with Crippen molar-refractivity contribution in [3.05, 3.63) is 13.8 Å². The zero-order valence-electron chi connectivity index (χ0n) is 5.42. The van der Waals surface area contributed by atoms with Crippen LogP contribution in [0.15, 0.2) is 0 Å². The SMILES string of the molecule is [CH2-]C(N)C([CH2-])CC=O.[Y]. The fraction of sp³-hybridized carbons (Fsp3) is 0.500. The van der Waals surface area contributed by atoms with Gasteiger partial charge >= 0.3 is 0 Å². The van der Waals surface area contributed by atoms with Crippen LogP contribution < -0.4 is 5.73 Å². The molecule has 2 N–H and O–H groups in total. The maximum atomic E-state index is 9.80. The topological polar surface area (TPSA) is 43.1 Å². The van der Waals surface area contributed by atoms with E-state index in [9.17, 15) is 4.79 Å². The van der Waals surface area contributed by atoms with Crippen molar-refractivity contribution in [2.75, 3.05) is 0 Å². The molecule has 0 fully saturated rings. The third kappa shape index (κ3) is 6.62. The molecule has 0 aromatic heterocycles. The number of hydrogen-bond donors (Lipinski definition) is 1. The third-order valence-corrected chi connectivity index (χ3v) is 1.00. The number of aldehydes is 1. The largest absolute Gasteiger partial charge is 0.359 e. The van der Waals surface area contributed by atoms with Gasteiger partial charge in [0.2, 0.25) is 0 Å². The van der Waals surface area contributed by atoms with Gasteiger partial charge in [-0.3, -0.25) is 0 Å². The van der Waals surface area contributed by atoms with E-state index in [1.165, 1.54) is 0 Å². The standard InChI is InChI=1S/C6H11NO.Y/c1-5(3-4-8)6(2)7;/h4-6H,1-3,7H2;/q-2;. The molecular formula is C6H11NOY-2. The summed E-state index contributed by atoms with van der Waals surface area (Å²) >= 11 is 0. The molecule has 0 heterocycles. The van der Waals surface area contributed by atoms with Crippen molar-refractivity contribution in [3.63, 3.8) is 0 Å². The van der Waals surface area contributed by atoms with Crippen molar-refractivity contribution in [1.82, 2.24) is 0 Å². The number of carbonyl (C=O) groups is 1. The Kier molecular flexibility index (Phi) is 9.45.